The summed E-state index contributed by atoms with van der Waals surface area (Å²) in [6, 6.07) is 17.2. The first-order valence-corrected chi connectivity index (χ1v) is 8.99. The number of ether oxygens (including phenoxy) is 1. The lowest BCUT2D eigenvalue weighted by Crippen LogP contribution is -2.33. The van der Waals surface area contributed by atoms with Gasteiger partial charge in [0.1, 0.15) is 23.2 Å². The Bertz CT molecular complexity index is 880. The van der Waals surface area contributed by atoms with Crippen molar-refractivity contribution in [3.63, 3.8) is 0 Å². The van der Waals surface area contributed by atoms with E-state index >= 15 is 0 Å². The second-order valence-electron chi connectivity index (χ2n) is 5.51. The number of carboxylic acids is 1. The zero-order valence-corrected chi connectivity index (χ0v) is 15.3. The summed E-state index contributed by atoms with van der Waals surface area (Å²) in [6.45, 7) is 0.0211. The molecule has 132 valence electrons. The van der Waals surface area contributed by atoms with Crippen LogP contribution in [-0.2, 0) is 16.2 Å². The third-order valence-electron chi connectivity index (χ3n) is 3.57. The van der Waals surface area contributed by atoms with Crippen LogP contribution in [0.15, 0.2) is 59.5 Å². The molecule has 7 heteroatoms. The van der Waals surface area contributed by atoms with Gasteiger partial charge in [0, 0.05) is 0 Å². The number of thioether (sulfide) groups is 1. The number of hydrogen-bond acceptors (Lipinski definition) is 5. The van der Waals surface area contributed by atoms with Crippen LogP contribution in [0.1, 0.15) is 11.1 Å². The number of benzene rings is 2. The molecule has 0 atom stereocenters. The lowest BCUT2D eigenvalue weighted by molar-refractivity contribution is -0.140. The van der Waals surface area contributed by atoms with Gasteiger partial charge in [0.05, 0.1) is 4.91 Å². The molecule has 0 bridgehead atoms. The molecule has 0 radical (unpaired) electrons. The molecule has 1 aliphatic heterocycles. The highest BCUT2D eigenvalue weighted by Crippen LogP contribution is 2.32. The molecule has 1 fully saturated rings. The number of amides is 1. The van der Waals surface area contributed by atoms with E-state index in [9.17, 15) is 9.59 Å². The van der Waals surface area contributed by atoms with Crippen LogP contribution in [0.2, 0.25) is 0 Å². The molecule has 0 aromatic heterocycles. The van der Waals surface area contributed by atoms with Gasteiger partial charge in [0.15, 0.2) is 0 Å². The first kappa shape index (κ1) is 18.2. The fraction of sp³-hybridized carbons (Fsp3) is 0.105. The van der Waals surface area contributed by atoms with Gasteiger partial charge < -0.3 is 9.84 Å². The summed E-state index contributed by atoms with van der Waals surface area (Å²) in [5, 5.41) is 8.88. The molecule has 0 unspecified atom stereocenters. The van der Waals surface area contributed by atoms with Crippen molar-refractivity contribution in [2.45, 2.75) is 6.61 Å². The molecule has 0 saturated carbocycles. The van der Waals surface area contributed by atoms with Crippen LogP contribution >= 0.6 is 24.0 Å². The first-order chi connectivity index (χ1) is 12.5. The standard InChI is InChI=1S/C19H15NO4S2/c21-17(22)11-20-18(23)16(26-19(20)25)10-14-7-4-8-15(9-14)24-12-13-5-2-1-3-6-13/h1-10H,11-12H2,(H,21,22)/b16-10-. The van der Waals surface area contributed by atoms with E-state index in [4.69, 9.17) is 22.1 Å². The van der Waals surface area contributed by atoms with Crippen LogP contribution in [0.5, 0.6) is 5.75 Å². The predicted octanol–water partition coefficient (Wildman–Crippen LogP) is 3.55. The maximum atomic E-state index is 12.3. The molecule has 1 N–H and O–H groups in total. The van der Waals surface area contributed by atoms with Gasteiger partial charge in [-0.25, -0.2) is 0 Å². The molecular weight excluding hydrogens is 370 g/mol. The summed E-state index contributed by atoms with van der Waals surface area (Å²) in [5.74, 6) is -0.805. The largest absolute Gasteiger partial charge is 0.489 e. The van der Waals surface area contributed by atoms with Crippen LogP contribution in [0, 0.1) is 0 Å². The number of carbonyl (C=O) groups excluding carboxylic acids is 1. The summed E-state index contributed by atoms with van der Waals surface area (Å²) in [6.07, 6.45) is 1.69. The Labute approximate surface area is 160 Å². The third-order valence-corrected chi connectivity index (χ3v) is 4.95. The Hall–Kier alpha value is -2.64. The van der Waals surface area contributed by atoms with E-state index in [1.54, 1.807) is 6.08 Å². The lowest BCUT2D eigenvalue weighted by atomic mass is 10.2. The molecule has 0 aliphatic carbocycles. The summed E-state index contributed by atoms with van der Waals surface area (Å²) in [4.78, 5) is 24.6. The van der Waals surface area contributed by atoms with Crippen LogP contribution in [0.3, 0.4) is 0 Å². The smallest absolute Gasteiger partial charge is 0.323 e. The summed E-state index contributed by atoms with van der Waals surface area (Å²) < 4.78 is 6.03. The van der Waals surface area contributed by atoms with Crippen molar-refractivity contribution in [1.29, 1.82) is 0 Å². The van der Waals surface area contributed by atoms with E-state index in [0.717, 1.165) is 27.8 Å². The van der Waals surface area contributed by atoms with E-state index in [1.807, 2.05) is 54.6 Å². The zero-order chi connectivity index (χ0) is 18.5. The first-order valence-electron chi connectivity index (χ1n) is 7.77. The molecule has 5 nitrogen and oxygen atoms in total. The number of nitrogens with zero attached hydrogens (tertiary/aromatic N) is 1. The number of carboxylic acid groups (broad SMARTS) is 1. The van der Waals surface area contributed by atoms with Crippen LogP contribution < -0.4 is 4.74 Å². The van der Waals surface area contributed by atoms with Crippen molar-refractivity contribution in [2.24, 2.45) is 0 Å². The Morgan fingerprint density at radius 3 is 2.69 bits per heavy atom. The van der Waals surface area contributed by atoms with E-state index in [0.29, 0.717) is 17.3 Å². The second kappa shape index (κ2) is 8.16. The molecule has 1 saturated heterocycles. The van der Waals surface area contributed by atoms with E-state index in [2.05, 4.69) is 0 Å². The molecule has 1 heterocycles. The van der Waals surface area contributed by atoms with E-state index in [1.165, 1.54) is 0 Å². The molecule has 0 spiro atoms. The minimum Gasteiger partial charge on any atom is -0.489 e. The highest BCUT2D eigenvalue weighted by molar-refractivity contribution is 8.26. The number of hydrogen-bond donors (Lipinski definition) is 1. The number of carbonyl (C=O) groups is 2. The van der Waals surface area contributed by atoms with Gasteiger partial charge in [-0.05, 0) is 29.3 Å². The Balaban J connectivity index is 1.72. The molecular formula is C19H15NO4S2. The van der Waals surface area contributed by atoms with Crippen molar-refractivity contribution >= 4 is 46.3 Å². The fourth-order valence-electron chi connectivity index (χ4n) is 2.36. The van der Waals surface area contributed by atoms with Crippen molar-refractivity contribution in [3.05, 3.63) is 70.6 Å². The molecule has 2 aromatic rings. The maximum absolute atomic E-state index is 12.3. The van der Waals surface area contributed by atoms with Gasteiger partial charge in [-0.3, -0.25) is 14.5 Å². The minimum atomic E-state index is -1.10. The highest BCUT2D eigenvalue weighted by atomic mass is 32.2. The Morgan fingerprint density at radius 2 is 1.96 bits per heavy atom. The van der Waals surface area contributed by atoms with Crippen LogP contribution in [-0.4, -0.2) is 32.7 Å². The van der Waals surface area contributed by atoms with Crippen molar-refractivity contribution in [2.75, 3.05) is 6.54 Å². The van der Waals surface area contributed by atoms with Crippen molar-refractivity contribution < 1.29 is 19.4 Å². The van der Waals surface area contributed by atoms with Gasteiger partial charge in [-0.2, -0.15) is 0 Å². The molecule has 1 aliphatic rings. The SMILES string of the molecule is O=C(O)CN1C(=O)/C(=C/c2cccc(OCc3ccccc3)c2)SC1=S. The normalized spacial score (nSPS) is 15.5. The lowest BCUT2D eigenvalue weighted by Gasteiger charge is -2.10. The minimum absolute atomic E-state index is 0.250. The Kier molecular flexibility index (Phi) is 5.70. The average Bonchev–Trinajstić information content (AvgIpc) is 2.88. The van der Waals surface area contributed by atoms with Gasteiger partial charge in [-0.15, -0.1) is 0 Å². The summed E-state index contributed by atoms with van der Waals surface area (Å²) in [5.41, 5.74) is 1.85. The monoisotopic (exact) mass is 385 g/mol. The summed E-state index contributed by atoms with van der Waals surface area (Å²) >= 11 is 6.19. The van der Waals surface area contributed by atoms with Crippen molar-refractivity contribution in [3.8, 4) is 5.75 Å². The van der Waals surface area contributed by atoms with Crippen LogP contribution in [0.25, 0.3) is 6.08 Å². The van der Waals surface area contributed by atoms with E-state index < -0.39 is 18.4 Å². The molecule has 3 rings (SSSR count). The van der Waals surface area contributed by atoms with Gasteiger partial charge in [-0.1, -0.05) is 66.4 Å². The number of thiocarbonyl (C=S) groups is 1. The fourth-order valence-corrected chi connectivity index (χ4v) is 3.61. The maximum Gasteiger partial charge on any atom is 0.323 e. The summed E-state index contributed by atoms with van der Waals surface area (Å²) in [7, 11) is 0. The van der Waals surface area contributed by atoms with Crippen LogP contribution in [0.4, 0.5) is 0 Å². The van der Waals surface area contributed by atoms with Gasteiger partial charge in [0.2, 0.25) is 0 Å². The van der Waals surface area contributed by atoms with Gasteiger partial charge >= 0.3 is 5.97 Å². The number of aliphatic carboxylic acids is 1. The highest BCUT2D eigenvalue weighted by Gasteiger charge is 2.33. The average molecular weight is 385 g/mol. The quantitative estimate of drug-likeness (QED) is 0.606. The molecule has 1 amide bonds. The topological polar surface area (TPSA) is 66.8 Å². The second-order valence-corrected chi connectivity index (χ2v) is 7.18. The van der Waals surface area contributed by atoms with E-state index in [-0.39, 0.29) is 4.32 Å². The molecule has 26 heavy (non-hydrogen) atoms. The Morgan fingerprint density at radius 1 is 1.19 bits per heavy atom. The third kappa shape index (κ3) is 4.50. The zero-order valence-electron chi connectivity index (χ0n) is 13.6. The number of rotatable bonds is 6. The predicted molar refractivity (Wildman–Crippen MR) is 105 cm³/mol. The van der Waals surface area contributed by atoms with Gasteiger partial charge in [0.25, 0.3) is 5.91 Å². The molecule has 2 aromatic carbocycles. The van der Waals surface area contributed by atoms with Crippen molar-refractivity contribution in [1.82, 2.24) is 4.90 Å².